The van der Waals surface area contributed by atoms with Crippen LogP contribution in [0.1, 0.15) is 43.1 Å². The first-order chi connectivity index (χ1) is 17.7. The summed E-state index contributed by atoms with van der Waals surface area (Å²) in [4.78, 5) is 18.2. The molecule has 1 atom stereocenters. The maximum Gasteiger partial charge on any atom is 0.282 e. The summed E-state index contributed by atoms with van der Waals surface area (Å²) in [5.74, 6) is 1.36. The number of halogens is 4. The van der Waals surface area contributed by atoms with Gasteiger partial charge in [-0.15, -0.1) is 0 Å². The van der Waals surface area contributed by atoms with Gasteiger partial charge in [0.05, 0.1) is 24.2 Å². The number of fused-ring (bicyclic) bond motifs is 1. The molecule has 192 valence electrons. The number of hydrogen-bond acceptors (Lipinski definition) is 5. The standard InChI is InChI=1S/C27H23BrCl3N3O3/c1-4-15(2)26-33-23-8-6-18(28)10-21(23)27(35)34(26)32-13-17-9-20(30)12-24(36-3)25(17)37-14-16-5-7-19(29)11-22(16)31/h5-13,15H,4,14H2,1-3H3/t15-/m1/s1. The van der Waals surface area contributed by atoms with Gasteiger partial charge in [0.15, 0.2) is 11.5 Å². The highest BCUT2D eigenvalue weighted by atomic mass is 79.9. The van der Waals surface area contributed by atoms with Crippen molar-refractivity contribution in [1.29, 1.82) is 0 Å². The highest BCUT2D eigenvalue weighted by Gasteiger charge is 2.17. The zero-order chi connectivity index (χ0) is 26.7. The summed E-state index contributed by atoms with van der Waals surface area (Å²) < 4.78 is 13.7. The number of benzene rings is 3. The highest BCUT2D eigenvalue weighted by molar-refractivity contribution is 9.10. The zero-order valence-electron chi connectivity index (χ0n) is 20.3. The van der Waals surface area contributed by atoms with Crippen LogP contribution in [-0.4, -0.2) is 23.0 Å². The first kappa shape index (κ1) is 27.5. The van der Waals surface area contributed by atoms with Gasteiger partial charge in [0.25, 0.3) is 5.56 Å². The second-order valence-corrected chi connectivity index (χ2v) is 10.5. The van der Waals surface area contributed by atoms with Crippen molar-refractivity contribution in [2.75, 3.05) is 7.11 Å². The Bertz CT molecular complexity index is 1560. The van der Waals surface area contributed by atoms with Crippen LogP contribution >= 0.6 is 50.7 Å². The average molecular weight is 624 g/mol. The molecule has 0 aliphatic carbocycles. The lowest BCUT2D eigenvalue weighted by molar-refractivity contribution is 0.284. The molecule has 4 aromatic rings. The maximum atomic E-state index is 13.5. The SMILES string of the molecule is CC[C@@H](C)c1nc2ccc(Br)cc2c(=O)n1N=Cc1cc(Cl)cc(OC)c1OCc1ccc(Cl)cc1Cl. The van der Waals surface area contributed by atoms with Crippen LogP contribution in [0.15, 0.2) is 62.9 Å². The minimum atomic E-state index is -0.276. The Kier molecular flexibility index (Phi) is 8.80. The third-order valence-electron chi connectivity index (χ3n) is 5.85. The van der Waals surface area contributed by atoms with Gasteiger partial charge < -0.3 is 9.47 Å². The van der Waals surface area contributed by atoms with E-state index in [-0.39, 0.29) is 18.1 Å². The number of aromatic nitrogens is 2. The van der Waals surface area contributed by atoms with Crippen molar-refractivity contribution in [3.63, 3.8) is 0 Å². The molecule has 0 aliphatic heterocycles. The van der Waals surface area contributed by atoms with Gasteiger partial charge in [-0.25, -0.2) is 4.98 Å². The molecule has 0 radical (unpaired) electrons. The Morgan fingerprint density at radius 2 is 1.89 bits per heavy atom. The van der Waals surface area contributed by atoms with Crippen molar-refractivity contribution < 1.29 is 9.47 Å². The van der Waals surface area contributed by atoms with Crippen LogP contribution in [0.4, 0.5) is 0 Å². The van der Waals surface area contributed by atoms with Crippen molar-refractivity contribution in [3.05, 3.63) is 95.4 Å². The Morgan fingerprint density at radius 1 is 1.11 bits per heavy atom. The summed E-state index contributed by atoms with van der Waals surface area (Å²) in [6, 6.07) is 13.9. The van der Waals surface area contributed by atoms with E-state index in [4.69, 9.17) is 49.3 Å². The fourth-order valence-corrected chi connectivity index (χ4v) is 4.72. The summed E-state index contributed by atoms with van der Waals surface area (Å²) >= 11 is 22.1. The van der Waals surface area contributed by atoms with Gasteiger partial charge in [-0.3, -0.25) is 4.79 Å². The van der Waals surface area contributed by atoms with E-state index in [1.165, 1.54) is 18.0 Å². The summed E-state index contributed by atoms with van der Waals surface area (Å²) in [7, 11) is 1.52. The van der Waals surface area contributed by atoms with Gasteiger partial charge in [-0.2, -0.15) is 9.78 Å². The summed E-state index contributed by atoms with van der Waals surface area (Å²) in [6.07, 6.45) is 2.30. The van der Waals surface area contributed by atoms with Crippen LogP contribution < -0.4 is 15.0 Å². The van der Waals surface area contributed by atoms with Crippen molar-refractivity contribution in [3.8, 4) is 11.5 Å². The average Bonchev–Trinajstić information content (AvgIpc) is 2.87. The molecule has 0 N–H and O–H groups in total. The molecule has 6 nitrogen and oxygen atoms in total. The van der Waals surface area contributed by atoms with E-state index in [1.54, 1.807) is 36.4 Å². The van der Waals surface area contributed by atoms with E-state index in [9.17, 15) is 4.79 Å². The van der Waals surface area contributed by atoms with Crippen molar-refractivity contribution in [1.82, 2.24) is 9.66 Å². The predicted molar refractivity (Wildman–Crippen MR) is 154 cm³/mol. The lowest BCUT2D eigenvalue weighted by Gasteiger charge is -2.16. The lowest BCUT2D eigenvalue weighted by Crippen LogP contribution is -2.23. The summed E-state index contributed by atoms with van der Waals surface area (Å²) in [6.45, 7) is 4.19. The number of rotatable bonds is 8. The molecule has 1 heterocycles. The number of nitrogens with zero attached hydrogens (tertiary/aromatic N) is 3. The monoisotopic (exact) mass is 621 g/mol. The third-order valence-corrected chi connectivity index (χ3v) is 7.15. The Morgan fingerprint density at radius 3 is 2.59 bits per heavy atom. The van der Waals surface area contributed by atoms with Crippen LogP contribution in [0.25, 0.3) is 10.9 Å². The molecule has 0 unspecified atom stereocenters. The van der Waals surface area contributed by atoms with Gasteiger partial charge in [-0.1, -0.05) is 70.6 Å². The van der Waals surface area contributed by atoms with Crippen molar-refractivity contribution in [2.24, 2.45) is 5.10 Å². The highest BCUT2D eigenvalue weighted by Crippen LogP contribution is 2.35. The third kappa shape index (κ3) is 6.12. The molecule has 4 rings (SSSR count). The fraction of sp³-hybridized carbons (Fsp3) is 0.222. The largest absolute Gasteiger partial charge is 0.493 e. The molecular formula is C27H23BrCl3N3O3. The first-order valence-corrected chi connectivity index (χ1v) is 13.3. The molecule has 0 bridgehead atoms. The predicted octanol–water partition coefficient (Wildman–Crippen LogP) is 8.10. The molecule has 0 saturated heterocycles. The molecule has 0 aliphatic rings. The minimum absolute atomic E-state index is 0.00504. The molecule has 0 saturated carbocycles. The topological polar surface area (TPSA) is 65.7 Å². The van der Waals surface area contributed by atoms with Crippen LogP contribution in [-0.2, 0) is 6.61 Å². The van der Waals surface area contributed by atoms with Crippen molar-refractivity contribution in [2.45, 2.75) is 32.8 Å². The molecule has 10 heteroatoms. The smallest absolute Gasteiger partial charge is 0.282 e. The molecule has 3 aromatic carbocycles. The van der Waals surface area contributed by atoms with E-state index in [2.05, 4.69) is 21.0 Å². The first-order valence-electron chi connectivity index (χ1n) is 11.4. The quantitative estimate of drug-likeness (QED) is 0.186. The second kappa shape index (κ2) is 11.9. The van der Waals surface area contributed by atoms with Crippen LogP contribution in [0, 0.1) is 0 Å². The Labute approximate surface area is 237 Å². The molecule has 1 aromatic heterocycles. The van der Waals surface area contributed by atoms with Gasteiger partial charge in [0.1, 0.15) is 12.4 Å². The van der Waals surface area contributed by atoms with E-state index < -0.39 is 0 Å². The molecule has 0 fully saturated rings. The molecule has 0 amide bonds. The lowest BCUT2D eigenvalue weighted by atomic mass is 10.1. The van der Waals surface area contributed by atoms with Crippen molar-refractivity contribution >= 4 is 67.9 Å². The van der Waals surface area contributed by atoms with E-state index in [0.29, 0.717) is 48.9 Å². The zero-order valence-corrected chi connectivity index (χ0v) is 24.1. The summed E-state index contributed by atoms with van der Waals surface area (Å²) in [5, 5.41) is 6.44. The number of methoxy groups -OCH3 is 1. The van der Waals surface area contributed by atoms with Gasteiger partial charge in [0.2, 0.25) is 0 Å². The second-order valence-electron chi connectivity index (χ2n) is 8.35. The normalized spacial score (nSPS) is 12.3. The molecule has 37 heavy (non-hydrogen) atoms. The summed E-state index contributed by atoms with van der Waals surface area (Å²) in [5.41, 5.74) is 1.60. The minimum Gasteiger partial charge on any atom is -0.493 e. The van der Waals surface area contributed by atoms with Gasteiger partial charge in [-0.05, 0) is 42.8 Å². The Balaban J connectivity index is 1.80. The van der Waals surface area contributed by atoms with Gasteiger partial charge >= 0.3 is 0 Å². The fourth-order valence-electron chi connectivity index (χ4n) is 3.68. The van der Waals surface area contributed by atoms with E-state index in [1.807, 2.05) is 26.0 Å². The van der Waals surface area contributed by atoms with E-state index in [0.717, 1.165) is 16.5 Å². The number of ether oxygens (including phenoxy) is 2. The maximum absolute atomic E-state index is 13.5. The molecule has 0 spiro atoms. The Hall–Kier alpha value is -2.58. The van der Waals surface area contributed by atoms with Crippen LogP contribution in [0.3, 0.4) is 0 Å². The molecular weight excluding hydrogens is 601 g/mol. The van der Waals surface area contributed by atoms with Crippen LogP contribution in [0.5, 0.6) is 11.5 Å². The van der Waals surface area contributed by atoms with E-state index >= 15 is 0 Å². The van der Waals surface area contributed by atoms with Crippen LogP contribution in [0.2, 0.25) is 15.1 Å². The number of hydrogen-bond donors (Lipinski definition) is 0. The van der Waals surface area contributed by atoms with Gasteiger partial charge in [0, 0.05) is 42.7 Å².